The number of aromatic nitrogens is 3. The Balaban J connectivity index is 2.71. The highest BCUT2D eigenvalue weighted by atomic mass is 16.4. The number of nitrogens with one attached hydrogen (secondary N) is 2. The predicted octanol–water partition coefficient (Wildman–Crippen LogP) is 0.911. The highest BCUT2D eigenvalue weighted by Crippen LogP contribution is 2.07. The molecule has 1 aromatic rings. The number of hydrogen-bond acceptors (Lipinski definition) is 4. The largest absolute Gasteiger partial charge is 0.480 e. The molecule has 1 rings (SSSR count). The van der Waals surface area contributed by atoms with E-state index in [1.54, 1.807) is 0 Å². The zero-order chi connectivity index (χ0) is 13.7. The molecule has 1 aromatic heterocycles. The molecule has 0 aromatic carbocycles. The van der Waals surface area contributed by atoms with Crippen LogP contribution in [0.4, 0.5) is 0 Å². The molecule has 0 spiro atoms. The minimum Gasteiger partial charge on any atom is -0.480 e. The lowest BCUT2D eigenvalue weighted by Crippen LogP contribution is -2.41. The van der Waals surface area contributed by atoms with Crippen molar-refractivity contribution < 1.29 is 14.7 Å². The van der Waals surface area contributed by atoms with Crippen LogP contribution < -0.4 is 5.32 Å². The SMILES string of the molecule is CCC[C@@H](NC(=O)c1n[nH]c(C(C)C)n1)C(=O)O. The van der Waals surface area contributed by atoms with E-state index in [0.717, 1.165) is 0 Å². The van der Waals surface area contributed by atoms with Gasteiger partial charge < -0.3 is 10.4 Å². The van der Waals surface area contributed by atoms with Gasteiger partial charge in [0, 0.05) is 5.92 Å². The molecule has 0 bridgehead atoms. The number of carbonyl (C=O) groups is 2. The van der Waals surface area contributed by atoms with Crippen LogP contribution in [0.25, 0.3) is 0 Å². The second-order valence-corrected chi connectivity index (χ2v) is 4.35. The third-order valence-corrected chi connectivity index (χ3v) is 2.43. The molecule has 0 radical (unpaired) electrons. The maximum Gasteiger partial charge on any atom is 0.326 e. The van der Waals surface area contributed by atoms with Crippen LogP contribution in [0.15, 0.2) is 0 Å². The number of aliphatic carboxylic acids is 1. The van der Waals surface area contributed by atoms with Gasteiger partial charge in [-0.15, -0.1) is 5.10 Å². The van der Waals surface area contributed by atoms with Crippen LogP contribution in [0.3, 0.4) is 0 Å². The van der Waals surface area contributed by atoms with Crippen molar-refractivity contribution in [2.45, 2.75) is 45.6 Å². The first-order chi connectivity index (χ1) is 8.45. The van der Waals surface area contributed by atoms with Gasteiger partial charge in [-0.05, 0) is 6.42 Å². The minimum atomic E-state index is -1.05. The number of carboxylic acid groups (broad SMARTS) is 1. The Kier molecular flexibility index (Phi) is 4.82. The number of hydrogen-bond donors (Lipinski definition) is 3. The molecule has 100 valence electrons. The molecule has 3 N–H and O–H groups in total. The maximum atomic E-state index is 11.8. The molecule has 7 heteroatoms. The van der Waals surface area contributed by atoms with E-state index in [1.165, 1.54) is 0 Å². The molecule has 18 heavy (non-hydrogen) atoms. The van der Waals surface area contributed by atoms with E-state index < -0.39 is 17.9 Å². The molecule has 0 aliphatic carbocycles. The van der Waals surface area contributed by atoms with Crippen LogP contribution in [-0.4, -0.2) is 38.2 Å². The summed E-state index contributed by atoms with van der Waals surface area (Å²) in [5, 5.41) is 17.8. The lowest BCUT2D eigenvalue weighted by molar-refractivity contribution is -0.139. The molecule has 0 saturated heterocycles. The van der Waals surface area contributed by atoms with Crippen molar-refractivity contribution in [1.82, 2.24) is 20.5 Å². The Bertz CT molecular complexity index is 428. The van der Waals surface area contributed by atoms with Crippen LogP contribution in [0.5, 0.6) is 0 Å². The summed E-state index contributed by atoms with van der Waals surface area (Å²) in [6.45, 7) is 5.68. The van der Waals surface area contributed by atoms with Crippen molar-refractivity contribution in [3.63, 3.8) is 0 Å². The summed E-state index contributed by atoms with van der Waals surface area (Å²) in [6.07, 6.45) is 1.05. The molecule has 1 atom stereocenters. The van der Waals surface area contributed by atoms with E-state index in [0.29, 0.717) is 18.7 Å². The average molecular weight is 254 g/mol. The molecule has 1 heterocycles. The number of carboxylic acids is 1. The van der Waals surface area contributed by atoms with Crippen LogP contribution in [-0.2, 0) is 4.79 Å². The van der Waals surface area contributed by atoms with Gasteiger partial charge in [-0.25, -0.2) is 9.78 Å². The number of aromatic amines is 1. The Morgan fingerprint density at radius 3 is 2.56 bits per heavy atom. The Hall–Kier alpha value is -1.92. The Morgan fingerprint density at radius 1 is 1.44 bits per heavy atom. The lowest BCUT2D eigenvalue weighted by Gasteiger charge is -2.11. The highest BCUT2D eigenvalue weighted by Gasteiger charge is 2.22. The number of nitrogens with zero attached hydrogens (tertiary/aromatic N) is 2. The maximum absolute atomic E-state index is 11.8. The molecule has 0 unspecified atom stereocenters. The quantitative estimate of drug-likeness (QED) is 0.699. The van der Waals surface area contributed by atoms with Gasteiger partial charge in [-0.1, -0.05) is 27.2 Å². The van der Waals surface area contributed by atoms with Gasteiger partial charge in [-0.2, -0.15) is 0 Å². The van der Waals surface area contributed by atoms with Crippen LogP contribution in [0, 0.1) is 0 Å². The van der Waals surface area contributed by atoms with Gasteiger partial charge in [0.1, 0.15) is 11.9 Å². The molecule has 0 aliphatic rings. The van der Waals surface area contributed by atoms with Gasteiger partial charge >= 0.3 is 5.97 Å². The van der Waals surface area contributed by atoms with Gasteiger partial charge in [0.05, 0.1) is 0 Å². The third kappa shape index (κ3) is 3.54. The van der Waals surface area contributed by atoms with Crippen molar-refractivity contribution in [3.05, 3.63) is 11.6 Å². The minimum absolute atomic E-state index is 0.0268. The molecule has 0 fully saturated rings. The van der Waals surface area contributed by atoms with Gasteiger partial charge in [0.15, 0.2) is 0 Å². The number of carbonyl (C=O) groups excluding carboxylic acids is 1. The standard InChI is InChI=1S/C11H18N4O3/c1-4-5-7(11(17)18)12-10(16)9-13-8(6(2)3)14-15-9/h6-7H,4-5H2,1-3H3,(H,12,16)(H,17,18)(H,13,14,15)/t7-/m1/s1. The van der Waals surface area contributed by atoms with Gasteiger partial charge in [0.25, 0.3) is 5.91 Å². The molecule has 1 amide bonds. The van der Waals surface area contributed by atoms with E-state index in [4.69, 9.17) is 5.11 Å². The Labute approximate surface area is 105 Å². The van der Waals surface area contributed by atoms with Crippen LogP contribution in [0.2, 0.25) is 0 Å². The summed E-state index contributed by atoms with van der Waals surface area (Å²) in [7, 11) is 0. The van der Waals surface area contributed by atoms with Crippen molar-refractivity contribution >= 4 is 11.9 Å². The van der Waals surface area contributed by atoms with Crippen molar-refractivity contribution in [2.24, 2.45) is 0 Å². The smallest absolute Gasteiger partial charge is 0.326 e. The first-order valence-electron chi connectivity index (χ1n) is 5.91. The summed E-state index contributed by atoms with van der Waals surface area (Å²) < 4.78 is 0. The molecule has 0 aliphatic heterocycles. The lowest BCUT2D eigenvalue weighted by atomic mass is 10.1. The number of amides is 1. The number of H-pyrrole nitrogens is 1. The fraction of sp³-hybridized carbons (Fsp3) is 0.636. The van der Waals surface area contributed by atoms with E-state index >= 15 is 0 Å². The van der Waals surface area contributed by atoms with Crippen LogP contribution >= 0.6 is 0 Å². The molecular formula is C11H18N4O3. The summed E-state index contributed by atoms with van der Waals surface area (Å²) in [4.78, 5) is 26.7. The summed E-state index contributed by atoms with van der Waals surface area (Å²) in [5.74, 6) is -0.919. The molecule has 0 saturated carbocycles. The van der Waals surface area contributed by atoms with E-state index in [2.05, 4.69) is 20.5 Å². The normalized spacial score (nSPS) is 12.4. The summed E-state index contributed by atoms with van der Waals surface area (Å²) in [5.41, 5.74) is 0. The zero-order valence-corrected chi connectivity index (χ0v) is 10.7. The average Bonchev–Trinajstić information content (AvgIpc) is 2.77. The van der Waals surface area contributed by atoms with Crippen molar-refractivity contribution in [3.8, 4) is 0 Å². The molecule has 7 nitrogen and oxygen atoms in total. The first kappa shape index (κ1) is 14.1. The van der Waals surface area contributed by atoms with E-state index in [1.807, 2.05) is 20.8 Å². The third-order valence-electron chi connectivity index (χ3n) is 2.43. The second-order valence-electron chi connectivity index (χ2n) is 4.35. The van der Waals surface area contributed by atoms with E-state index in [9.17, 15) is 9.59 Å². The van der Waals surface area contributed by atoms with Crippen molar-refractivity contribution in [2.75, 3.05) is 0 Å². The predicted molar refractivity (Wildman–Crippen MR) is 64.3 cm³/mol. The fourth-order valence-electron chi connectivity index (χ4n) is 1.40. The van der Waals surface area contributed by atoms with Gasteiger partial charge in [0.2, 0.25) is 5.82 Å². The Morgan fingerprint density at radius 2 is 2.11 bits per heavy atom. The van der Waals surface area contributed by atoms with Crippen LogP contribution in [0.1, 0.15) is 56.0 Å². The zero-order valence-electron chi connectivity index (χ0n) is 10.7. The van der Waals surface area contributed by atoms with E-state index in [-0.39, 0.29) is 11.7 Å². The second kappa shape index (κ2) is 6.13. The monoisotopic (exact) mass is 254 g/mol. The van der Waals surface area contributed by atoms with Gasteiger partial charge in [-0.3, -0.25) is 9.89 Å². The first-order valence-corrected chi connectivity index (χ1v) is 5.91. The topological polar surface area (TPSA) is 108 Å². The fourth-order valence-corrected chi connectivity index (χ4v) is 1.40. The van der Waals surface area contributed by atoms with Crippen molar-refractivity contribution in [1.29, 1.82) is 0 Å². The molecular weight excluding hydrogens is 236 g/mol. The highest BCUT2D eigenvalue weighted by molar-refractivity contribution is 5.93. The summed E-state index contributed by atoms with van der Waals surface area (Å²) in [6, 6.07) is -0.900. The summed E-state index contributed by atoms with van der Waals surface area (Å²) >= 11 is 0. The number of rotatable bonds is 6.